The minimum Gasteiger partial charge on any atom is -0.346 e. The molecular formula is C26H25F7N4OS. The molecule has 3 aromatic rings. The Labute approximate surface area is 224 Å². The average Bonchev–Trinajstić information content (AvgIpc) is 3.28. The lowest BCUT2D eigenvalue weighted by molar-refractivity contribution is -0.143. The van der Waals surface area contributed by atoms with Crippen LogP contribution in [0.1, 0.15) is 46.0 Å². The van der Waals surface area contributed by atoms with Gasteiger partial charge in [-0.1, -0.05) is 6.07 Å². The van der Waals surface area contributed by atoms with Gasteiger partial charge in [-0.3, -0.25) is 4.79 Å². The fourth-order valence-electron chi connectivity index (χ4n) is 4.95. The van der Waals surface area contributed by atoms with Gasteiger partial charge < -0.3 is 9.80 Å². The van der Waals surface area contributed by atoms with Crippen LogP contribution >= 0.6 is 11.5 Å². The summed E-state index contributed by atoms with van der Waals surface area (Å²) in [6, 6.07) is 5.57. The summed E-state index contributed by atoms with van der Waals surface area (Å²) in [7, 11) is 1.35. The quantitative estimate of drug-likeness (QED) is 0.322. The Morgan fingerprint density at radius 3 is 2.23 bits per heavy atom. The number of halogens is 7. The lowest BCUT2D eigenvalue weighted by atomic mass is 9.78. The largest absolute Gasteiger partial charge is 0.416 e. The molecule has 1 amide bonds. The molecule has 0 unspecified atom stereocenters. The van der Waals surface area contributed by atoms with Crippen molar-refractivity contribution in [1.82, 2.24) is 14.3 Å². The Morgan fingerprint density at radius 2 is 1.69 bits per heavy atom. The highest BCUT2D eigenvalue weighted by molar-refractivity contribution is 7.09. The van der Waals surface area contributed by atoms with E-state index in [1.807, 2.05) is 4.90 Å². The molecule has 5 nitrogen and oxygen atoms in total. The molecule has 2 atom stereocenters. The van der Waals surface area contributed by atoms with Crippen molar-refractivity contribution in [1.29, 1.82) is 0 Å². The molecule has 1 aromatic heterocycles. The van der Waals surface area contributed by atoms with Gasteiger partial charge in [-0.25, -0.2) is 9.37 Å². The number of amides is 1. The van der Waals surface area contributed by atoms with Crippen molar-refractivity contribution in [2.75, 3.05) is 25.0 Å². The first-order valence-corrected chi connectivity index (χ1v) is 12.8. The van der Waals surface area contributed by atoms with Crippen LogP contribution in [-0.4, -0.2) is 40.3 Å². The minimum absolute atomic E-state index is 0.0591. The summed E-state index contributed by atoms with van der Waals surface area (Å²) in [5.74, 6) is -1.33. The molecule has 2 heterocycles. The van der Waals surface area contributed by atoms with Gasteiger partial charge in [0.25, 0.3) is 0 Å². The zero-order chi connectivity index (χ0) is 28.7. The van der Waals surface area contributed by atoms with E-state index in [4.69, 9.17) is 0 Å². The molecule has 210 valence electrons. The molecule has 0 spiro atoms. The van der Waals surface area contributed by atoms with Crippen LogP contribution in [0.5, 0.6) is 0 Å². The summed E-state index contributed by atoms with van der Waals surface area (Å²) < 4.78 is 98.0. The van der Waals surface area contributed by atoms with Crippen molar-refractivity contribution >= 4 is 22.6 Å². The van der Waals surface area contributed by atoms with Crippen LogP contribution < -0.4 is 4.90 Å². The van der Waals surface area contributed by atoms with Crippen molar-refractivity contribution in [2.45, 2.75) is 45.1 Å². The van der Waals surface area contributed by atoms with E-state index >= 15 is 0 Å². The molecule has 1 aliphatic rings. The maximum Gasteiger partial charge on any atom is 0.416 e. The predicted molar refractivity (Wildman–Crippen MR) is 132 cm³/mol. The van der Waals surface area contributed by atoms with Crippen LogP contribution in [-0.2, 0) is 23.7 Å². The second-order valence-corrected chi connectivity index (χ2v) is 10.4. The number of hydrogen-bond acceptors (Lipinski definition) is 5. The number of hydrogen-bond donors (Lipinski definition) is 0. The molecule has 0 N–H and O–H groups in total. The van der Waals surface area contributed by atoms with E-state index in [9.17, 15) is 35.5 Å². The third kappa shape index (κ3) is 6.51. The highest BCUT2D eigenvalue weighted by Crippen LogP contribution is 2.39. The number of piperidine rings is 1. The molecule has 1 aliphatic heterocycles. The Hall–Kier alpha value is -3.22. The topological polar surface area (TPSA) is 49.3 Å². The van der Waals surface area contributed by atoms with Gasteiger partial charge in [-0.15, -0.1) is 0 Å². The number of aryl methyl sites for hydroxylation is 2. The molecule has 13 heteroatoms. The summed E-state index contributed by atoms with van der Waals surface area (Å²) in [5, 5.41) is 0.667. The molecule has 1 fully saturated rings. The van der Waals surface area contributed by atoms with Crippen molar-refractivity contribution in [3.8, 4) is 0 Å². The van der Waals surface area contributed by atoms with Gasteiger partial charge in [0.05, 0.1) is 11.1 Å². The fourth-order valence-corrected chi connectivity index (χ4v) is 5.66. The van der Waals surface area contributed by atoms with E-state index in [-0.39, 0.29) is 11.6 Å². The smallest absolute Gasteiger partial charge is 0.346 e. The van der Waals surface area contributed by atoms with E-state index < -0.39 is 53.6 Å². The van der Waals surface area contributed by atoms with E-state index in [2.05, 4.69) is 9.36 Å². The Kier molecular flexibility index (Phi) is 7.93. The fraction of sp³-hybridized carbons (Fsp3) is 0.423. The summed E-state index contributed by atoms with van der Waals surface area (Å²) in [5.41, 5.74) is -1.80. The summed E-state index contributed by atoms with van der Waals surface area (Å²) in [6.45, 7) is 3.82. The van der Waals surface area contributed by atoms with Crippen LogP contribution in [0.2, 0.25) is 0 Å². The maximum atomic E-state index is 13.9. The monoisotopic (exact) mass is 574 g/mol. The van der Waals surface area contributed by atoms with E-state index in [1.54, 1.807) is 19.9 Å². The molecule has 2 aromatic carbocycles. The SMILES string of the molecule is Cc1nsc(N2CC[C@@H](C(=O)N(C)Cc3cc(C(F)(F)F)cc(C(F)(F)F)c3)[C@H](c3ccc(F)cc3C)C2)n1. The number of rotatable bonds is 5. The van der Waals surface area contributed by atoms with Gasteiger partial charge in [-0.05, 0) is 67.3 Å². The van der Waals surface area contributed by atoms with E-state index in [1.165, 1.54) is 30.7 Å². The number of anilines is 1. The summed E-state index contributed by atoms with van der Waals surface area (Å²) >= 11 is 1.21. The predicted octanol–water partition coefficient (Wildman–Crippen LogP) is 6.60. The normalized spacial score (nSPS) is 18.4. The van der Waals surface area contributed by atoms with Crippen LogP contribution in [0, 0.1) is 25.6 Å². The number of alkyl halides is 6. The van der Waals surface area contributed by atoms with Gasteiger partial charge in [0, 0.05) is 50.1 Å². The lowest BCUT2D eigenvalue weighted by Crippen LogP contribution is -2.46. The summed E-state index contributed by atoms with van der Waals surface area (Å²) in [4.78, 5) is 21.2. The zero-order valence-corrected chi connectivity index (χ0v) is 22.0. The third-order valence-electron chi connectivity index (χ3n) is 6.79. The molecule has 4 rings (SSSR count). The van der Waals surface area contributed by atoms with Crippen molar-refractivity contribution < 1.29 is 35.5 Å². The summed E-state index contributed by atoms with van der Waals surface area (Å²) in [6.07, 6.45) is -9.63. The van der Waals surface area contributed by atoms with Gasteiger partial charge in [0.2, 0.25) is 11.0 Å². The first-order valence-electron chi connectivity index (χ1n) is 12.0. The molecule has 0 radical (unpaired) electrons. The number of benzene rings is 2. The van der Waals surface area contributed by atoms with Crippen molar-refractivity contribution in [3.63, 3.8) is 0 Å². The van der Waals surface area contributed by atoms with Gasteiger partial charge >= 0.3 is 12.4 Å². The number of nitrogens with zero attached hydrogens (tertiary/aromatic N) is 4. The zero-order valence-electron chi connectivity index (χ0n) is 21.2. The molecule has 0 aliphatic carbocycles. The van der Waals surface area contributed by atoms with Crippen LogP contribution in [0.4, 0.5) is 35.9 Å². The number of carbonyl (C=O) groups excluding carboxylic acids is 1. The van der Waals surface area contributed by atoms with Crippen molar-refractivity contribution in [3.05, 3.63) is 75.9 Å². The molecule has 39 heavy (non-hydrogen) atoms. The lowest BCUT2D eigenvalue weighted by Gasteiger charge is -2.40. The van der Waals surface area contributed by atoms with Gasteiger partial charge in [-0.2, -0.15) is 30.7 Å². The maximum absolute atomic E-state index is 13.9. The van der Waals surface area contributed by atoms with Crippen LogP contribution in [0.25, 0.3) is 0 Å². The van der Waals surface area contributed by atoms with Crippen molar-refractivity contribution in [2.24, 2.45) is 5.92 Å². The van der Waals surface area contributed by atoms with Gasteiger partial charge in [0.1, 0.15) is 11.6 Å². The standard InChI is InChI=1S/C26H25F7N4OS/c1-14-8-19(27)4-5-20(14)22-13-37(24-34-15(2)35-39-24)7-6-21(22)23(38)36(3)12-16-9-17(25(28,29)30)11-18(10-16)26(31,32)33/h4-5,8-11,21-22H,6-7,12-13H2,1-3H3/t21-,22+/m1/s1. The second kappa shape index (κ2) is 10.7. The molecule has 0 saturated carbocycles. The average molecular weight is 575 g/mol. The first-order chi connectivity index (χ1) is 18.1. The third-order valence-corrected chi connectivity index (χ3v) is 7.66. The molecule has 1 saturated heterocycles. The number of aromatic nitrogens is 2. The Balaban J connectivity index is 1.63. The Morgan fingerprint density at radius 1 is 1.05 bits per heavy atom. The minimum atomic E-state index is -4.99. The Bertz CT molecular complexity index is 1320. The highest BCUT2D eigenvalue weighted by atomic mass is 32.1. The van der Waals surface area contributed by atoms with E-state index in [0.29, 0.717) is 48.2 Å². The first kappa shape index (κ1) is 28.8. The van der Waals surface area contributed by atoms with E-state index in [0.717, 1.165) is 10.5 Å². The van der Waals surface area contributed by atoms with Gasteiger partial charge in [0.15, 0.2) is 0 Å². The van der Waals surface area contributed by atoms with Crippen LogP contribution in [0.15, 0.2) is 36.4 Å². The second-order valence-electron chi connectivity index (χ2n) is 9.68. The molecular weight excluding hydrogens is 549 g/mol. The highest BCUT2D eigenvalue weighted by Gasteiger charge is 2.39. The number of carbonyl (C=O) groups is 1. The molecule has 0 bridgehead atoms. The van der Waals surface area contributed by atoms with Crippen LogP contribution in [0.3, 0.4) is 0 Å².